The molecule has 0 atom stereocenters. The Morgan fingerprint density at radius 1 is 1.00 bits per heavy atom. The molecule has 23 heavy (non-hydrogen) atoms. The Kier molecular flexibility index (Phi) is 6.19. The maximum atomic E-state index is 12.4. The number of hydrogen-bond acceptors (Lipinski definition) is 4. The van der Waals surface area contributed by atoms with Gasteiger partial charge in [0, 0.05) is 5.54 Å². The number of rotatable bonds is 4. The third-order valence-corrected chi connectivity index (χ3v) is 2.94. The van der Waals surface area contributed by atoms with Crippen molar-refractivity contribution in [2.75, 3.05) is 6.54 Å². The van der Waals surface area contributed by atoms with Gasteiger partial charge in [0.05, 0.1) is 0 Å². The van der Waals surface area contributed by atoms with Gasteiger partial charge < -0.3 is 9.47 Å². The van der Waals surface area contributed by atoms with Crippen molar-refractivity contribution in [1.82, 2.24) is 4.90 Å². The molecule has 0 aliphatic rings. The molecule has 0 saturated heterocycles. The van der Waals surface area contributed by atoms with Gasteiger partial charge in [0.15, 0.2) is 0 Å². The zero-order chi connectivity index (χ0) is 17.7. The standard InChI is InChI=1S/C18H27NO4/c1-17(2,3)19(12-15(20)23-18(4,5)6)16(21)22-13-14-10-8-7-9-11-14/h7-11H,12-13H2,1-6H3. The van der Waals surface area contributed by atoms with E-state index < -0.39 is 23.2 Å². The highest BCUT2D eigenvalue weighted by molar-refractivity contribution is 5.78. The summed E-state index contributed by atoms with van der Waals surface area (Å²) < 4.78 is 10.6. The number of ether oxygens (including phenoxy) is 2. The fraction of sp³-hybridized carbons (Fsp3) is 0.556. The number of amides is 1. The van der Waals surface area contributed by atoms with Crippen LogP contribution in [0.1, 0.15) is 47.1 Å². The van der Waals surface area contributed by atoms with Gasteiger partial charge in [-0.25, -0.2) is 4.79 Å². The Bertz CT molecular complexity index is 526. The van der Waals surface area contributed by atoms with Crippen molar-refractivity contribution in [2.24, 2.45) is 0 Å². The van der Waals surface area contributed by atoms with Crippen LogP contribution in [0.5, 0.6) is 0 Å². The van der Waals surface area contributed by atoms with E-state index >= 15 is 0 Å². The Morgan fingerprint density at radius 3 is 2.04 bits per heavy atom. The lowest BCUT2D eigenvalue weighted by Gasteiger charge is -2.34. The summed E-state index contributed by atoms with van der Waals surface area (Å²) in [4.78, 5) is 25.8. The van der Waals surface area contributed by atoms with Crippen molar-refractivity contribution < 1.29 is 19.1 Å². The van der Waals surface area contributed by atoms with E-state index in [0.717, 1.165) is 5.56 Å². The van der Waals surface area contributed by atoms with E-state index in [1.54, 1.807) is 20.8 Å². The quantitative estimate of drug-likeness (QED) is 0.792. The number of nitrogens with zero attached hydrogens (tertiary/aromatic N) is 1. The minimum absolute atomic E-state index is 0.144. The summed E-state index contributed by atoms with van der Waals surface area (Å²) in [5.74, 6) is -0.455. The van der Waals surface area contributed by atoms with Crippen LogP contribution in [0.3, 0.4) is 0 Å². The van der Waals surface area contributed by atoms with E-state index in [-0.39, 0.29) is 13.2 Å². The van der Waals surface area contributed by atoms with Crippen LogP contribution in [0.25, 0.3) is 0 Å². The number of benzene rings is 1. The molecule has 0 saturated carbocycles. The van der Waals surface area contributed by atoms with Crippen molar-refractivity contribution >= 4 is 12.1 Å². The van der Waals surface area contributed by atoms with Crippen LogP contribution in [0.2, 0.25) is 0 Å². The molecule has 128 valence electrons. The van der Waals surface area contributed by atoms with Crippen LogP contribution in [-0.4, -0.2) is 34.6 Å². The zero-order valence-electron chi connectivity index (χ0n) is 14.9. The summed E-state index contributed by atoms with van der Waals surface area (Å²) in [6.45, 7) is 10.9. The van der Waals surface area contributed by atoms with Gasteiger partial charge in [0.2, 0.25) is 0 Å². The molecule has 0 N–H and O–H groups in total. The zero-order valence-corrected chi connectivity index (χ0v) is 14.9. The molecule has 0 aliphatic carbocycles. The second-order valence-corrected chi connectivity index (χ2v) is 7.38. The van der Waals surface area contributed by atoms with E-state index in [2.05, 4.69) is 0 Å². The number of carbonyl (C=O) groups excluding carboxylic acids is 2. The van der Waals surface area contributed by atoms with Crippen molar-refractivity contribution in [3.63, 3.8) is 0 Å². The van der Waals surface area contributed by atoms with E-state index in [4.69, 9.17) is 9.47 Å². The normalized spacial score (nSPS) is 11.7. The second kappa shape index (κ2) is 7.49. The van der Waals surface area contributed by atoms with E-state index in [9.17, 15) is 9.59 Å². The lowest BCUT2D eigenvalue weighted by Crippen LogP contribution is -2.49. The van der Waals surface area contributed by atoms with Crippen molar-refractivity contribution in [3.05, 3.63) is 35.9 Å². The van der Waals surface area contributed by atoms with E-state index in [1.165, 1.54) is 4.90 Å². The van der Waals surface area contributed by atoms with Gasteiger partial charge >= 0.3 is 12.1 Å². The van der Waals surface area contributed by atoms with Crippen LogP contribution in [0, 0.1) is 0 Å². The fourth-order valence-electron chi connectivity index (χ4n) is 1.88. The molecule has 0 radical (unpaired) electrons. The Balaban J connectivity index is 2.70. The maximum absolute atomic E-state index is 12.4. The van der Waals surface area contributed by atoms with Crippen LogP contribution in [0.4, 0.5) is 4.79 Å². The third kappa shape index (κ3) is 7.17. The second-order valence-electron chi connectivity index (χ2n) is 7.38. The first kappa shape index (κ1) is 19.0. The minimum Gasteiger partial charge on any atom is -0.459 e. The summed E-state index contributed by atoms with van der Waals surface area (Å²) in [5.41, 5.74) is -0.244. The summed E-state index contributed by atoms with van der Waals surface area (Å²) in [5, 5.41) is 0. The number of hydrogen-bond donors (Lipinski definition) is 0. The molecular weight excluding hydrogens is 294 g/mol. The Labute approximate surface area is 138 Å². The van der Waals surface area contributed by atoms with Crippen LogP contribution >= 0.6 is 0 Å². The molecule has 0 spiro atoms. The lowest BCUT2D eigenvalue weighted by molar-refractivity contribution is -0.157. The molecule has 5 nitrogen and oxygen atoms in total. The minimum atomic E-state index is -0.589. The fourth-order valence-corrected chi connectivity index (χ4v) is 1.88. The van der Waals surface area contributed by atoms with Crippen LogP contribution in [-0.2, 0) is 20.9 Å². The largest absolute Gasteiger partial charge is 0.459 e. The van der Waals surface area contributed by atoms with Crippen LogP contribution < -0.4 is 0 Å². The van der Waals surface area contributed by atoms with Gasteiger partial charge in [-0.3, -0.25) is 9.69 Å². The first-order chi connectivity index (χ1) is 10.5. The summed E-state index contributed by atoms with van der Waals surface area (Å²) in [7, 11) is 0. The molecular formula is C18H27NO4. The average molecular weight is 321 g/mol. The van der Waals surface area contributed by atoms with Gasteiger partial charge in [-0.15, -0.1) is 0 Å². The Morgan fingerprint density at radius 2 is 1.57 bits per heavy atom. The SMILES string of the molecule is CC(C)(C)OC(=O)CN(C(=O)OCc1ccccc1)C(C)(C)C. The van der Waals surface area contributed by atoms with Gasteiger partial charge in [-0.2, -0.15) is 0 Å². The van der Waals surface area contributed by atoms with Crippen molar-refractivity contribution in [3.8, 4) is 0 Å². The predicted molar refractivity (Wildman–Crippen MR) is 88.9 cm³/mol. The molecule has 1 rings (SSSR count). The van der Waals surface area contributed by atoms with Gasteiger partial charge in [-0.1, -0.05) is 30.3 Å². The molecule has 1 amide bonds. The molecule has 0 heterocycles. The molecule has 1 aromatic carbocycles. The smallest absolute Gasteiger partial charge is 0.411 e. The number of carbonyl (C=O) groups is 2. The highest BCUT2D eigenvalue weighted by Crippen LogP contribution is 2.17. The van der Waals surface area contributed by atoms with Crippen molar-refractivity contribution in [1.29, 1.82) is 0 Å². The predicted octanol–water partition coefficient (Wildman–Crippen LogP) is 3.77. The molecule has 0 aliphatic heterocycles. The molecule has 0 bridgehead atoms. The Hall–Kier alpha value is -2.04. The van der Waals surface area contributed by atoms with Crippen LogP contribution in [0.15, 0.2) is 30.3 Å². The summed E-state index contributed by atoms with van der Waals surface area (Å²) in [6, 6.07) is 9.41. The molecule has 0 aromatic heterocycles. The van der Waals surface area contributed by atoms with Crippen molar-refractivity contribution in [2.45, 2.75) is 59.3 Å². The topological polar surface area (TPSA) is 55.8 Å². The monoisotopic (exact) mass is 321 g/mol. The molecule has 0 unspecified atom stereocenters. The maximum Gasteiger partial charge on any atom is 0.411 e. The lowest BCUT2D eigenvalue weighted by atomic mass is 10.1. The average Bonchev–Trinajstić information content (AvgIpc) is 2.40. The summed E-state index contributed by atoms with van der Waals surface area (Å²) >= 11 is 0. The van der Waals surface area contributed by atoms with Gasteiger partial charge in [-0.05, 0) is 47.1 Å². The number of esters is 1. The van der Waals surface area contributed by atoms with Gasteiger partial charge in [0.25, 0.3) is 0 Å². The first-order valence-corrected chi connectivity index (χ1v) is 7.69. The molecule has 5 heteroatoms. The third-order valence-electron chi connectivity index (χ3n) is 2.94. The summed E-state index contributed by atoms with van der Waals surface area (Å²) in [6.07, 6.45) is -0.535. The van der Waals surface area contributed by atoms with E-state index in [1.807, 2.05) is 51.1 Å². The van der Waals surface area contributed by atoms with E-state index in [0.29, 0.717) is 0 Å². The molecule has 1 aromatic rings. The highest BCUT2D eigenvalue weighted by Gasteiger charge is 2.31. The highest BCUT2D eigenvalue weighted by atomic mass is 16.6. The first-order valence-electron chi connectivity index (χ1n) is 7.69. The van der Waals surface area contributed by atoms with Gasteiger partial charge in [0.1, 0.15) is 18.8 Å². The molecule has 0 fully saturated rings.